The molecule has 0 fully saturated rings. The number of aliphatic hydroxyl groups excluding tert-OH is 1. The number of aryl methyl sites for hydroxylation is 1. The number of anilines is 1. The highest BCUT2D eigenvalue weighted by atomic mass is 32.2. The number of nitrogens with zero attached hydrogens (tertiary/aromatic N) is 1. The minimum absolute atomic E-state index is 0.0345. The zero-order valence-electron chi connectivity index (χ0n) is 11.3. The summed E-state index contributed by atoms with van der Waals surface area (Å²) in [5, 5.41) is 8.65. The van der Waals surface area contributed by atoms with Crippen molar-refractivity contribution in [1.29, 1.82) is 0 Å². The molecule has 6 heteroatoms. The van der Waals surface area contributed by atoms with Crippen LogP contribution in [0.5, 0.6) is 0 Å². The molecule has 0 aromatic heterocycles. The Bertz CT molecular complexity index is 598. The van der Waals surface area contributed by atoms with E-state index in [1.807, 2.05) is 6.92 Å². The molecule has 1 aromatic rings. The number of aliphatic hydroxyl groups is 1. The van der Waals surface area contributed by atoms with Gasteiger partial charge in [-0.2, -0.15) is 12.7 Å². The van der Waals surface area contributed by atoms with Gasteiger partial charge in [0.15, 0.2) is 0 Å². The molecule has 19 heavy (non-hydrogen) atoms. The van der Waals surface area contributed by atoms with Gasteiger partial charge in [-0.15, -0.1) is 0 Å². The second kappa shape index (κ2) is 6.57. The molecule has 0 amide bonds. The van der Waals surface area contributed by atoms with E-state index in [0.717, 1.165) is 15.4 Å². The number of nitrogens with one attached hydrogen (secondary N) is 1. The summed E-state index contributed by atoms with van der Waals surface area (Å²) < 4.78 is 26.9. The molecule has 0 saturated carbocycles. The Kier molecular flexibility index (Phi) is 5.36. The Morgan fingerprint density at radius 1 is 1.37 bits per heavy atom. The first kappa shape index (κ1) is 15.5. The molecule has 0 aliphatic heterocycles. The van der Waals surface area contributed by atoms with Gasteiger partial charge in [-0.25, -0.2) is 0 Å². The summed E-state index contributed by atoms with van der Waals surface area (Å²) in [4.78, 5) is 0. The topological polar surface area (TPSA) is 69.6 Å². The molecule has 0 unspecified atom stereocenters. The van der Waals surface area contributed by atoms with Crippen LogP contribution in [0.15, 0.2) is 18.2 Å². The van der Waals surface area contributed by atoms with Gasteiger partial charge in [0, 0.05) is 26.1 Å². The first-order valence-electron chi connectivity index (χ1n) is 5.77. The van der Waals surface area contributed by atoms with E-state index in [1.54, 1.807) is 18.2 Å². The van der Waals surface area contributed by atoms with Crippen molar-refractivity contribution < 1.29 is 13.5 Å². The Labute approximate surface area is 114 Å². The molecular weight excluding hydrogens is 264 g/mol. The molecule has 1 aromatic carbocycles. The predicted octanol–water partition coefficient (Wildman–Crippen LogP) is 0.947. The molecule has 2 N–H and O–H groups in total. The van der Waals surface area contributed by atoms with E-state index in [0.29, 0.717) is 12.1 Å². The average Bonchev–Trinajstić information content (AvgIpc) is 2.31. The summed E-state index contributed by atoms with van der Waals surface area (Å²) in [6.07, 6.45) is 0.425. The third kappa shape index (κ3) is 4.56. The summed E-state index contributed by atoms with van der Waals surface area (Å²) in [7, 11) is -0.563. The predicted molar refractivity (Wildman–Crippen MR) is 76.0 cm³/mol. The van der Waals surface area contributed by atoms with Crippen LogP contribution in [0.2, 0.25) is 0 Å². The Morgan fingerprint density at radius 3 is 2.58 bits per heavy atom. The fraction of sp³-hybridized carbons (Fsp3) is 0.385. The van der Waals surface area contributed by atoms with Gasteiger partial charge < -0.3 is 5.11 Å². The van der Waals surface area contributed by atoms with E-state index in [-0.39, 0.29) is 6.61 Å². The van der Waals surface area contributed by atoms with E-state index >= 15 is 0 Å². The number of rotatable bonds is 4. The largest absolute Gasteiger partial charge is 0.395 e. The molecule has 0 aliphatic rings. The van der Waals surface area contributed by atoms with Crippen LogP contribution in [0.1, 0.15) is 17.5 Å². The van der Waals surface area contributed by atoms with Crippen molar-refractivity contribution in [2.24, 2.45) is 0 Å². The number of hydrogen-bond acceptors (Lipinski definition) is 3. The van der Waals surface area contributed by atoms with Crippen LogP contribution in [0.3, 0.4) is 0 Å². The van der Waals surface area contributed by atoms with Crippen molar-refractivity contribution in [2.45, 2.75) is 13.3 Å². The van der Waals surface area contributed by atoms with Crippen LogP contribution >= 0.6 is 0 Å². The third-order valence-electron chi connectivity index (χ3n) is 2.41. The van der Waals surface area contributed by atoms with Crippen molar-refractivity contribution in [2.75, 3.05) is 25.4 Å². The second-order valence-electron chi connectivity index (χ2n) is 4.19. The molecule has 0 bridgehead atoms. The van der Waals surface area contributed by atoms with Gasteiger partial charge in [-0.3, -0.25) is 4.72 Å². The molecule has 0 spiro atoms. The summed E-state index contributed by atoms with van der Waals surface area (Å²) in [6, 6.07) is 5.15. The highest BCUT2D eigenvalue weighted by Crippen LogP contribution is 2.16. The maximum atomic E-state index is 11.7. The SMILES string of the molecule is Cc1cc(NS(=O)(=O)N(C)C)ccc1C#CCCO. The molecule has 104 valence electrons. The lowest BCUT2D eigenvalue weighted by Gasteiger charge is -2.14. The van der Waals surface area contributed by atoms with Crippen LogP contribution < -0.4 is 4.72 Å². The van der Waals surface area contributed by atoms with Crippen LogP contribution in [0.4, 0.5) is 5.69 Å². The van der Waals surface area contributed by atoms with Gasteiger partial charge >= 0.3 is 10.2 Å². The van der Waals surface area contributed by atoms with Crippen molar-refractivity contribution in [3.05, 3.63) is 29.3 Å². The zero-order chi connectivity index (χ0) is 14.5. The second-order valence-corrected chi connectivity index (χ2v) is 6.08. The van der Waals surface area contributed by atoms with Crippen LogP contribution in [-0.4, -0.2) is 38.5 Å². The van der Waals surface area contributed by atoms with Gasteiger partial charge in [0.1, 0.15) is 0 Å². The normalized spacial score (nSPS) is 11.0. The highest BCUT2D eigenvalue weighted by molar-refractivity contribution is 7.90. The standard InChI is InChI=1S/C13H18N2O3S/c1-11-10-13(14-19(17,18)15(2)3)8-7-12(11)6-4-5-9-16/h7-8,10,14,16H,5,9H2,1-3H3. The summed E-state index contributed by atoms with van der Waals surface area (Å²) in [6.45, 7) is 1.89. The fourth-order valence-corrected chi connectivity index (χ4v) is 1.93. The molecule has 0 heterocycles. The molecule has 0 atom stereocenters. The van der Waals surface area contributed by atoms with Gasteiger partial charge in [0.05, 0.1) is 12.3 Å². The summed E-state index contributed by atoms with van der Waals surface area (Å²) in [5.41, 5.74) is 2.20. The van der Waals surface area contributed by atoms with Crippen molar-refractivity contribution >= 4 is 15.9 Å². The minimum Gasteiger partial charge on any atom is -0.395 e. The lowest BCUT2D eigenvalue weighted by Crippen LogP contribution is -2.28. The van der Waals surface area contributed by atoms with Crippen molar-refractivity contribution in [3.63, 3.8) is 0 Å². The van der Waals surface area contributed by atoms with Crippen LogP contribution in [0, 0.1) is 18.8 Å². The fourth-order valence-electron chi connectivity index (χ4n) is 1.32. The molecule has 0 radical (unpaired) electrons. The third-order valence-corrected chi connectivity index (χ3v) is 3.87. The van der Waals surface area contributed by atoms with E-state index in [2.05, 4.69) is 16.6 Å². The zero-order valence-corrected chi connectivity index (χ0v) is 12.1. The Morgan fingerprint density at radius 2 is 2.05 bits per heavy atom. The van der Waals surface area contributed by atoms with Gasteiger partial charge in [-0.05, 0) is 30.7 Å². The quantitative estimate of drug-likeness (QED) is 0.808. The lowest BCUT2D eigenvalue weighted by molar-refractivity contribution is 0.305. The molecular formula is C13H18N2O3S. The minimum atomic E-state index is -3.49. The summed E-state index contributed by atoms with van der Waals surface area (Å²) in [5.74, 6) is 5.76. The Hall–Kier alpha value is -1.55. The number of hydrogen-bond donors (Lipinski definition) is 2. The van der Waals surface area contributed by atoms with Crippen molar-refractivity contribution in [3.8, 4) is 11.8 Å². The smallest absolute Gasteiger partial charge is 0.301 e. The Balaban J connectivity index is 2.93. The molecule has 1 rings (SSSR count). The van der Waals surface area contributed by atoms with Crippen LogP contribution in [-0.2, 0) is 10.2 Å². The first-order chi connectivity index (χ1) is 8.86. The maximum Gasteiger partial charge on any atom is 0.301 e. The highest BCUT2D eigenvalue weighted by Gasteiger charge is 2.12. The van der Waals surface area contributed by atoms with Gasteiger partial charge in [-0.1, -0.05) is 11.8 Å². The van der Waals surface area contributed by atoms with Gasteiger partial charge in [0.2, 0.25) is 0 Å². The molecule has 5 nitrogen and oxygen atoms in total. The van der Waals surface area contributed by atoms with E-state index < -0.39 is 10.2 Å². The molecule has 0 aliphatic carbocycles. The number of benzene rings is 1. The maximum absolute atomic E-state index is 11.7. The average molecular weight is 282 g/mol. The van der Waals surface area contributed by atoms with Crippen molar-refractivity contribution in [1.82, 2.24) is 4.31 Å². The van der Waals surface area contributed by atoms with E-state index in [4.69, 9.17) is 5.11 Å². The monoisotopic (exact) mass is 282 g/mol. The first-order valence-corrected chi connectivity index (χ1v) is 7.21. The summed E-state index contributed by atoms with van der Waals surface area (Å²) >= 11 is 0. The van der Waals surface area contributed by atoms with Crippen LogP contribution in [0.25, 0.3) is 0 Å². The molecule has 0 saturated heterocycles. The van der Waals surface area contributed by atoms with E-state index in [9.17, 15) is 8.42 Å². The van der Waals surface area contributed by atoms with Gasteiger partial charge in [0.25, 0.3) is 0 Å². The lowest BCUT2D eigenvalue weighted by atomic mass is 10.1. The van der Waals surface area contributed by atoms with E-state index in [1.165, 1.54) is 14.1 Å².